The van der Waals surface area contributed by atoms with E-state index in [9.17, 15) is 4.79 Å². The van der Waals surface area contributed by atoms with Crippen molar-refractivity contribution in [2.75, 3.05) is 0 Å². The minimum atomic E-state index is -0.951. The molecule has 1 aromatic carbocycles. The first kappa shape index (κ1) is 23.9. The molecular weight excluding hydrogens is 438 g/mol. The summed E-state index contributed by atoms with van der Waals surface area (Å²) < 4.78 is 0. The highest BCUT2D eigenvalue weighted by molar-refractivity contribution is 5.84. The summed E-state index contributed by atoms with van der Waals surface area (Å²) in [6.45, 7) is 3.54. The van der Waals surface area contributed by atoms with Gasteiger partial charge in [0.2, 0.25) is 0 Å². The second kappa shape index (κ2) is 11.8. The summed E-state index contributed by atoms with van der Waals surface area (Å²) in [7, 11) is 0. The molecule has 0 spiro atoms. The van der Waals surface area contributed by atoms with Gasteiger partial charge in [-0.15, -0.1) is 0 Å². The van der Waals surface area contributed by atoms with Crippen molar-refractivity contribution in [3.8, 4) is 11.3 Å². The minimum absolute atomic E-state index is 0.637. The van der Waals surface area contributed by atoms with Crippen LogP contribution in [0.15, 0.2) is 96.2 Å². The summed E-state index contributed by atoms with van der Waals surface area (Å²) in [6.07, 6.45) is 5.20. The third-order valence-corrected chi connectivity index (χ3v) is 5.40. The highest BCUT2D eigenvalue weighted by Crippen LogP contribution is 2.20. The van der Waals surface area contributed by atoms with Crippen LogP contribution in [-0.2, 0) is 24.4 Å². The SMILES string of the molecule is C[C@H](N=Cc1cccc(-c2cccc(CN(Cc3ccccn3)Cc3ccccn3)n2)c1)C(=O)O. The zero-order chi connectivity index (χ0) is 24.5. The van der Waals surface area contributed by atoms with E-state index in [1.807, 2.05) is 78.9 Å². The summed E-state index contributed by atoms with van der Waals surface area (Å²) in [5.74, 6) is -0.951. The van der Waals surface area contributed by atoms with Crippen molar-refractivity contribution in [2.45, 2.75) is 32.6 Å². The van der Waals surface area contributed by atoms with Gasteiger partial charge < -0.3 is 5.11 Å². The first-order chi connectivity index (χ1) is 17.1. The van der Waals surface area contributed by atoms with E-state index in [1.54, 1.807) is 25.5 Å². The lowest BCUT2D eigenvalue weighted by Crippen LogP contribution is -2.24. The van der Waals surface area contributed by atoms with Crippen LogP contribution in [-0.4, -0.2) is 43.2 Å². The van der Waals surface area contributed by atoms with Crippen molar-refractivity contribution in [2.24, 2.45) is 4.99 Å². The number of aliphatic imine (C=N–C) groups is 1. The Morgan fingerprint density at radius 2 is 1.51 bits per heavy atom. The molecule has 0 unspecified atom stereocenters. The lowest BCUT2D eigenvalue weighted by atomic mass is 10.1. The van der Waals surface area contributed by atoms with Crippen LogP contribution in [0.2, 0.25) is 0 Å². The van der Waals surface area contributed by atoms with E-state index in [0.717, 1.165) is 33.9 Å². The lowest BCUT2D eigenvalue weighted by Gasteiger charge is -2.21. The Balaban J connectivity index is 1.54. The molecule has 0 aliphatic heterocycles. The predicted octanol–water partition coefficient (Wildman–Crippen LogP) is 4.63. The van der Waals surface area contributed by atoms with Crippen LogP contribution in [0, 0.1) is 0 Å². The van der Waals surface area contributed by atoms with Crippen molar-refractivity contribution < 1.29 is 9.90 Å². The molecule has 4 aromatic rings. The number of benzene rings is 1. The van der Waals surface area contributed by atoms with Crippen LogP contribution >= 0.6 is 0 Å². The highest BCUT2D eigenvalue weighted by atomic mass is 16.4. The van der Waals surface area contributed by atoms with Gasteiger partial charge in [-0.1, -0.05) is 36.4 Å². The van der Waals surface area contributed by atoms with Crippen LogP contribution in [0.1, 0.15) is 29.6 Å². The molecule has 0 radical (unpaired) electrons. The van der Waals surface area contributed by atoms with Crippen molar-refractivity contribution >= 4 is 12.2 Å². The molecular formula is C28H27N5O2. The fourth-order valence-corrected chi connectivity index (χ4v) is 3.61. The van der Waals surface area contributed by atoms with Gasteiger partial charge in [0, 0.05) is 43.8 Å². The normalized spacial score (nSPS) is 12.2. The molecule has 176 valence electrons. The molecule has 3 aromatic heterocycles. The average molecular weight is 466 g/mol. The van der Waals surface area contributed by atoms with Gasteiger partial charge in [0.25, 0.3) is 0 Å². The zero-order valence-electron chi connectivity index (χ0n) is 19.5. The van der Waals surface area contributed by atoms with Crippen molar-refractivity contribution in [1.29, 1.82) is 0 Å². The van der Waals surface area contributed by atoms with Crippen LogP contribution in [0.5, 0.6) is 0 Å². The van der Waals surface area contributed by atoms with Gasteiger partial charge in [0.05, 0.1) is 22.8 Å². The third kappa shape index (κ3) is 7.12. The summed E-state index contributed by atoms with van der Waals surface area (Å²) in [5.41, 5.74) is 5.53. The number of aliphatic carboxylic acids is 1. The number of carboxylic acid groups (broad SMARTS) is 1. The van der Waals surface area contributed by atoms with Gasteiger partial charge in [-0.25, -0.2) is 4.79 Å². The van der Waals surface area contributed by atoms with Crippen molar-refractivity contribution in [1.82, 2.24) is 19.9 Å². The Morgan fingerprint density at radius 3 is 2.14 bits per heavy atom. The van der Waals surface area contributed by atoms with Crippen molar-refractivity contribution in [3.05, 3.63) is 114 Å². The summed E-state index contributed by atoms with van der Waals surface area (Å²) in [6, 6.07) is 24.8. The number of nitrogens with zero attached hydrogens (tertiary/aromatic N) is 5. The van der Waals surface area contributed by atoms with E-state index >= 15 is 0 Å². The smallest absolute Gasteiger partial charge is 0.328 e. The quantitative estimate of drug-likeness (QED) is 0.343. The number of aromatic nitrogens is 3. The lowest BCUT2D eigenvalue weighted by molar-refractivity contribution is -0.137. The number of pyridine rings is 3. The molecule has 0 saturated heterocycles. The van der Waals surface area contributed by atoms with Gasteiger partial charge >= 0.3 is 5.97 Å². The Morgan fingerprint density at radius 1 is 0.886 bits per heavy atom. The molecule has 1 N–H and O–H groups in total. The topological polar surface area (TPSA) is 91.6 Å². The zero-order valence-corrected chi connectivity index (χ0v) is 19.5. The number of hydrogen-bond acceptors (Lipinski definition) is 6. The Bertz CT molecular complexity index is 1240. The maximum atomic E-state index is 11.0. The van der Waals surface area contributed by atoms with E-state index in [2.05, 4.69) is 19.9 Å². The molecule has 0 fully saturated rings. The second-order valence-electron chi connectivity index (χ2n) is 8.22. The first-order valence-corrected chi connectivity index (χ1v) is 11.4. The van der Waals surface area contributed by atoms with Crippen LogP contribution < -0.4 is 0 Å². The fourth-order valence-electron chi connectivity index (χ4n) is 3.61. The average Bonchev–Trinajstić information content (AvgIpc) is 2.89. The molecule has 0 aliphatic rings. The maximum Gasteiger partial charge on any atom is 0.328 e. The van der Waals surface area contributed by atoms with E-state index < -0.39 is 12.0 Å². The molecule has 35 heavy (non-hydrogen) atoms. The third-order valence-electron chi connectivity index (χ3n) is 5.40. The second-order valence-corrected chi connectivity index (χ2v) is 8.22. The monoisotopic (exact) mass is 465 g/mol. The molecule has 3 heterocycles. The van der Waals surface area contributed by atoms with E-state index in [0.29, 0.717) is 19.6 Å². The highest BCUT2D eigenvalue weighted by Gasteiger charge is 2.12. The minimum Gasteiger partial charge on any atom is -0.480 e. The van der Waals surface area contributed by atoms with E-state index in [-0.39, 0.29) is 0 Å². The Labute approximate surface area is 204 Å². The molecule has 4 rings (SSSR count). The van der Waals surface area contributed by atoms with Gasteiger partial charge in [0.1, 0.15) is 6.04 Å². The summed E-state index contributed by atoms with van der Waals surface area (Å²) in [5, 5.41) is 9.05. The fraction of sp³-hybridized carbons (Fsp3) is 0.179. The molecule has 0 saturated carbocycles. The summed E-state index contributed by atoms with van der Waals surface area (Å²) in [4.78, 5) is 31.3. The van der Waals surface area contributed by atoms with Crippen LogP contribution in [0.3, 0.4) is 0 Å². The van der Waals surface area contributed by atoms with E-state index in [1.165, 1.54) is 0 Å². The van der Waals surface area contributed by atoms with Gasteiger partial charge in [-0.05, 0) is 55.0 Å². The Hall–Kier alpha value is -4.23. The van der Waals surface area contributed by atoms with Crippen LogP contribution in [0.25, 0.3) is 11.3 Å². The molecule has 0 amide bonds. The number of rotatable bonds is 10. The van der Waals surface area contributed by atoms with Crippen molar-refractivity contribution in [3.63, 3.8) is 0 Å². The molecule has 0 bridgehead atoms. The van der Waals surface area contributed by atoms with Gasteiger partial charge in [0.15, 0.2) is 0 Å². The largest absolute Gasteiger partial charge is 0.480 e. The van der Waals surface area contributed by atoms with E-state index in [4.69, 9.17) is 10.1 Å². The molecule has 1 atom stereocenters. The molecule has 7 nitrogen and oxygen atoms in total. The Kier molecular flexibility index (Phi) is 8.04. The van der Waals surface area contributed by atoms with Gasteiger partial charge in [-0.3, -0.25) is 24.8 Å². The maximum absolute atomic E-state index is 11.0. The standard InChI is InChI=1S/C28H27N5O2/c1-21(28(34)35)31-17-22-8-6-9-23(16-22)27-13-7-12-26(32-27)20-33(18-24-10-2-4-14-29-24)19-25-11-3-5-15-30-25/h2-17,21H,18-20H2,1H3,(H,34,35)/t21-/m0/s1. The molecule has 7 heteroatoms. The summed E-state index contributed by atoms with van der Waals surface area (Å²) >= 11 is 0. The molecule has 0 aliphatic carbocycles. The van der Waals surface area contributed by atoms with Crippen LogP contribution in [0.4, 0.5) is 0 Å². The number of hydrogen-bond donors (Lipinski definition) is 1. The van der Waals surface area contributed by atoms with Gasteiger partial charge in [-0.2, -0.15) is 0 Å². The number of carboxylic acids is 1. The number of carbonyl (C=O) groups is 1. The first-order valence-electron chi connectivity index (χ1n) is 11.4. The predicted molar refractivity (Wildman–Crippen MR) is 136 cm³/mol.